The topological polar surface area (TPSA) is 479 Å². The van der Waals surface area contributed by atoms with Gasteiger partial charge in [-0.2, -0.15) is 0 Å². The Kier molecular flexibility index (Phi) is 36.7. The molecule has 20 atom stereocenters. The van der Waals surface area contributed by atoms with Gasteiger partial charge in [0.2, 0.25) is 12.4 Å². The van der Waals surface area contributed by atoms with Crippen LogP contribution in [0.15, 0.2) is 25.3 Å². The van der Waals surface area contributed by atoms with E-state index in [2.05, 4.69) is 13.2 Å². The van der Waals surface area contributed by atoms with Crippen LogP contribution >= 0.6 is 0 Å². The number of aliphatic hydroxyl groups excluding tert-OH is 1. The van der Waals surface area contributed by atoms with Gasteiger partial charge in [0.25, 0.3) is 0 Å². The minimum absolute atomic E-state index is 0.0833. The van der Waals surface area contributed by atoms with E-state index in [4.69, 9.17) is 109 Å². The highest BCUT2D eigenvalue weighted by Crippen LogP contribution is 2.38. The summed E-state index contributed by atoms with van der Waals surface area (Å²) >= 11 is 0. The van der Waals surface area contributed by atoms with E-state index in [0.29, 0.717) is 0 Å². The minimum atomic E-state index is -1.83. The molecule has 38 nitrogen and oxygen atoms in total. The molecule has 4 rings (SSSR count). The van der Waals surface area contributed by atoms with Crippen LogP contribution in [0.1, 0.15) is 104 Å². The number of rotatable bonds is 27. The molecule has 0 aromatic carbocycles. The first kappa shape index (κ1) is 85.3. The lowest BCUT2D eigenvalue weighted by Gasteiger charge is -2.48. The molecular formula is C60H84O38. The number of hydrogen-bond acceptors (Lipinski definition) is 38. The fraction of sp³-hybridized carbons (Fsp3) is 0.683. The lowest BCUT2D eigenvalue weighted by Crippen LogP contribution is -2.67. The molecule has 0 aliphatic carbocycles. The van der Waals surface area contributed by atoms with Crippen molar-refractivity contribution in [3.8, 4) is 0 Å². The summed E-state index contributed by atoms with van der Waals surface area (Å²) in [4.78, 5) is 181. The van der Waals surface area contributed by atoms with Crippen LogP contribution in [0.5, 0.6) is 0 Å². The van der Waals surface area contributed by atoms with Crippen LogP contribution in [0.2, 0.25) is 0 Å². The van der Waals surface area contributed by atoms with Crippen molar-refractivity contribution in [2.45, 2.75) is 227 Å². The van der Waals surface area contributed by atoms with Gasteiger partial charge in [0.15, 0.2) is 73.8 Å². The second kappa shape index (κ2) is 42.1. The smallest absolute Gasteiger partial charge is 0.305 e. The molecule has 38 heteroatoms. The summed E-state index contributed by atoms with van der Waals surface area (Å²) in [7, 11) is 0. The normalized spacial score (nSPS) is 29.1. The monoisotopic (exact) mass is 1410 g/mol. The lowest BCUT2D eigenvalue weighted by atomic mass is 9.96. The molecule has 0 saturated carbocycles. The van der Waals surface area contributed by atoms with Crippen molar-refractivity contribution in [2.75, 3.05) is 39.6 Å². The fourth-order valence-electron chi connectivity index (χ4n) is 9.50. The van der Waals surface area contributed by atoms with Crippen molar-refractivity contribution in [1.82, 2.24) is 0 Å². The van der Waals surface area contributed by atoms with Crippen molar-refractivity contribution < 1.29 is 181 Å². The quantitative estimate of drug-likeness (QED) is 0.0594. The van der Waals surface area contributed by atoms with Crippen LogP contribution in [0.3, 0.4) is 0 Å². The highest BCUT2D eigenvalue weighted by atomic mass is 16.8. The Labute approximate surface area is 561 Å². The van der Waals surface area contributed by atoms with E-state index in [1.165, 1.54) is 12.2 Å². The maximum atomic E-state index is 12.3. The number of aliphatic hydroxyl groups is 1. The summed E-state index contributed by atoms with van der Waals surface area (Å²) in [5, 5.41) is 7.76. The first-order valence-electron chi connectivity index (χ1n) is 29.6. The molecule has 552 valence electrons. The van der Waals surface area contributed by atoms with Crippen molar-refractivity contribution in [1.29, 1.82) is 0 Å². The van der Waals surface area contributed by atoms with E-state index in [1.54, 1.807) is 0 Å². The molecule has 0 bridgehead atoms. The van der Waals surface area contributed by atoms with Gasteiger partial charge in [-0.1, -0.05) is 12.2 Å². The summed E-state index contributed by atoms with van der Waals surface area (Å²) in [6, 6.07) is 0. The largest absolute Gasteiger partial charge is 0.463 e. The second-order valence-corrected chi connectivity index (χ2v) is 21.0. The standard InChI is InChI=1S/C29H40O18.C28H38O19.C3H6O/c1-9-10-37-28-26(43-18(7)35)25(42-17(6)34)23(21(45-28)12-39-14(3)31)47-29-27(44-19(8)36)24(41-16(5)33)22(40-15(4)32)20(46-29)11-38-13(2)30;1-11(29)37-9-19-21(39-13(3)31)23(40-14(4)32)26(43-17(7)35)28(46-19)47-22-20(10-38-12(2)30)45-27(44-18(8)36)25(42-16(6)34)24(22)41-15(5)33;1-2-3-4/h9,20-29H,1,10-12H2,2-8H3;19-28H,9-10H2,1-8H3;2,4H,1,3H2/t20?,21?,22-,23-,24+,25+,26?,27?,28-,29-;19?,20?,21-,22-,23+,24+,25?,26?,27-,28-;/m11./s1. The number of esters is 15. The Morgan fingerprint density at radius 2 is 0.480 bits per heavy atom. The maximum Gasteiger partial charge on any atom is 0.305 e. The average Bonchev–Trinajstić information content (AvgIpc) is 0.776. The van der Waals surface area contributed by atoms with Gasteiger partial charge in [-0.3, -0.25) is 71.9 Å². The average molecular weight is 1410 g/mol. The predicted octanol–water partition coefficient (Wildman–Crippen LogP) is -0.857. The van der Waals surface area contributed by atoms with Crippen LogP contribution in [0.4, 0.5) is 0 Å². The Bertz CT molecular complexity index is 2800. The third-order valence-corrected chi connectivity index (χ3v) is 12.6. The Hall–Kier alpha value is -8.79. The number of carbonyl (C=O) groups is 15. The van der Waals surface area contributed by atoms with Crippen LogP contribution < -0.4 is 0 Å². The van der Waals surface area contributed by atoms with E-state index in [9.17, 15) is 71.9 Å². The highest BCUT2D eigenvalue weighted by molar-refractivity contribution is 5.72. The number of hydrogen-bond donors (Lipinski definition) is 1. The van der Waals surface area contributed by atoms with E-state index < -0.39 is 239 Å². The van der Waals surface area contributed by atoms with E-state index in [-0.39, 0.29) is 13.2 Å². The van der Waals surface area contributed by atoms with Gasteiger partial charge < -0.3 is 109 Å². The fourth-order valence-corrected chi connectivity index (χ4v) is 9.50. The molecule has 4 aliphatic heterocycles. The minimum Gasteiger partial charge on any atom is -0.463 e. The first-order chi connectivity index (χ1) is 45.8. The molecule has 0 amide bonds. The molecule has 98 heavy (non-hydrogen) atoms. The molecule has 4 heterocycles. The second-order valence-electron chi connectivity index (χ2n) is 21.0. The SMILES string of the molecule is C=CCO.C=CCO[C@@H]1OC(COC(C)=O)[C@@H](O[C@H]2OC(COC(C)=O)[C@@H](OC(C)=O)[C@H](OC(C)=O)C2OC(C)=O)[C@H](OC(C)=O)C1OC(C)=O.CC(=O)OCC1O[C@H](O[C@@H]2C(COC(C)=O)O[C@@H](OC(C)=O)C(OC(C)=O)[C@H]2OC(C)=O)C(OC(C)=O)[C@@H](OC(C)=O)[C@@H]1OC(C)=O. The lowest BCUT2D eigenvalue weighted by molar-refractivity contribution is -0.360. The van der Waals surface area contributed by atoms with Crippen LogP contribution in [-0.4, -0.2) is 257 Å². The third-order valence-electron chi connectivity index (χ3n) is 12.6. The van der Waals surface area contributed by atoms with Gasteiger partial charge in [-0.25, -0.2) is 0 Å². The van der Waals surface area contributed by atoms with Gasteiger partial charge in [0.05, 0.1) is 13.2 Å². The summed E-state index contributed by atoms with van der Waals surface area (Å²) in [5.41, 5.74) is 0. The number of carbonyl (C=O) groups excluding carboxylic acids is 15. The summed E-state index contributed by atoms with van der Waals surface area (Å²) in [6.07, 6.45) is -28.8. The predicted molar refractivity (Wildman–Crippen MR) is 312 cm³/mol. The molecule has 0 spiro atoms. The molecular weight excluding hydrogens is 1330 g/mol. The number of ether oxygens (including phenoxy) is 22. The molecule has 4 aliphatic rings. The molecule has 8 unspecified atom stereocenters. The van der Waals surface area contributed by atoms with Crippen molar-refractivity contribution in [3.63, 3.8) is 0 Å². The van der Waals surface area contributed by atoms with Gasteiger partial charge >= 0.3 is 89.5 Å². The van der Waals surface area contributed by atoms with E-state index >= 15 is 0 Å². The Morgan fingerprint density at radius 3 is 0.724 bits per heavy atom. The molecule has 1 N–H and O–H groups in total. The van der Waals surface area contributed by atoms with Crippen LogP contribution in [0.25, 0.3) is 0 Å². The Morgan fingerprint density at radius 1 is 0.276 bits per heavy atom. The molecule has 4 fully saturated rings. The van der Waals surface area contributed by atoms with Gasteiger partial charge in [0.1, 0.15) is 63.1 Å². The zero-order chi connectivity index (χ0) is 74.4. The van der Waals surface area contributed by atoms with Crippen molar-refractivity contribution in [2.24, 2.45) is 0 Å². The van der Waals surface area contributed by atoms with Gasteiger partial charge in [0, 0.05) is 104 Å². The van der Waals surface area contributed by atoms with E-state index in [1.807, 2.05) is 0 Å². The summed E-state index contributed by atoms with van der Waals surface area (Å²) in [5.74, 6) is -12.8. The van der Waals surface area contributed by atoms with Crippen molar-refractivity contribution >= 4 is 89.5 Å². The molecule has 0 aromatic heterocycles. The zero-order valence-corrected chi connectivity index (χ0v) is 56.4. The van der Waals surface area contributed by atoms with Crippen LogP contribution in [-0.2, 0) is 176 Å². The highest BCUT2D eigenvalue weighted by Gasteiger charge is 2.60. The van der Waals surface area contributed by atoms with E-state index in [0.717, 1.165) is 104 Å². The molecule has 0 radical (unpaired) electrons. The zero-order valence-electron chi connectivity index (χ0n) is 56.4. The van der Waals surface area contributed by atoms with Gasteiger partial charge in [-0.05, 0) is 0 Å². The molecule has 4 saturated heterocycles. The van der Waals surface area contributed by atoms with Crippen molar-refractivity contribution in [3.05, 3.63) is 25.3 Å². The summed E-state index contributed by atoms with van der Waals surface area (Å²) in [6.45, 7) is 20.2. The Balaban J connectivity index is 0.000000632. The summed E-state index contributed by atoms with van der Waals surface area (Å²) < 4.78 is 121. The third kappa shape index (κ3) is 29.5. The first-order valence-corrected chi connectivity index (χ1v) is 29.6. The van der Waals surface area contributed by atoms with Crippen LogP contribution in [0, 0.1) is 0 Å². The maximum absolute atomic E-state index is 12.3. The molecule has 0 aromatic rings. The van der Waals surface area contributed by atoms with Gasteiger partial charge in [-0.15, -0.1) is 13.2 Å².